The Morgan fingerprint density at radius 2 is 2.18 bits per heavy atom. The van der Waals surface area contributed by atoms with Crippen LogP contribution in [0, 0.1) is 5.82 Å². The van der Waals surface area contributed by atoms with Crippen molar-refractivity contribution < 1.29 is 14.3 Å². The Morgan fingerprint density at radius 1 is 1.45 bits per heavy atom. The van der Waals surface area contributed by atoms with E-state index < -0.39 is 6.10 Å². The average Bonchev–Trinajstić information content (AvgIpc) is 2.47. The van der Waals surface area contributed by atoms with Crippen LogP contribution < -0.4 is 15.5 Å². The van der Waals surface area contributed by atoms with Gasteiger partial charge in [-0.15, -0.1) is 0 Å². The highest BCUT2D eigenvalue weighted by atomic mass is 19.1. The van der Waals surface area contributed by atoms with Crippen molar-refractivity contribution in [2.24, 2.45) is 0 Å². The zero-order chi connectivity index (χ0) is 15.9. The third-order valence-electron chi connectivity index (χ3n) is 3.85. The van der Waals surface area contributed by atoms with E-state index in [-0.39, 0.29) is 17.9 Å². The number of aliphatic hydroxyl groups is 1. The molecule has 3 N–H and O–H groups in total. The Hall–Kier alpha value is -1.82. The van der Waals surface area contributed by atoms with Gasteiger partial charge in [-0.2, -0.15) is 0 Å². The number of halogens is 1. The molecule has 1 aromatic rings. The molecule has 0 aromatic heterocycles. The van der Waals surface area contributed by atoms with Crippen LogP contribution in [0.25, 0.3) is 0 Å². The van der Waals surface area contributed by atoms with Crippen molar-refractivity contribution >= 4 is 11.7 Å². The first-order valence-corrected chi connectivity index (χ1v) is 7.77. The average molecular weight is 309 g/mol. The number of hydrogen-bond acceptors (Lipinski definition) is 3. The van der Waals surface area contributed by atoms with Crippen LogP contribution >= 0.6 is 0 Å². The zero-order valence-electron chi connectivity index (χ0n) is 12.9. The van der Waals surface area contributed by atoms with Crippen LogP contribution in [0.1, 0.15) is 26.2 Å². The second kappa shape index (κ2) is 7.98. The van der Waals surface area contributed by atoms with Gasteiger partial charge in [-0.25, -0.2) is 9.18 Å². The largest absolute Gasteiger partial charge is 0.393 e. The minimum Gasteiger partial charge on any atom is -0.393 e. The van der Waals surface area contributed by atoms with E-state index in [2.05, 4.69) is 15.5 Å². The summed E-state index contributed by atoms with van der Waals surface area (Å²) in [6, 6.07) is 6.54. The molecule has 2 amide bonds. The highest BCUT2D eigenvalue weighted by molar-refractivity contribution is 5.74. The summed E-state index contributed by atoms with van der Waals surface area (Å²) in [5, 5.41) is 14.8. The fraction of sp³-hybridized carbons (Fsp3) is 0.562. The molecule has 0 saturated carbocycles. The lowest BCUT2D eigenvalue weighted by Gasteiger charge is -2.34. The molecule has 0 bridgehead atoms. The van der Waals surface area contributed by atoms with Gasteiger partial charge < -0.3 is 20.6 Å². The number of piperidine rings is 1. The van der Waals surface area contributed by atoms with E-state index in [4.69, 9.17) is 5.11 Å². The molecular weight excluding hydrogens is 285 g/mol. The maximum atomic E-state index is 13.2. The van der Waals surface area contributed by atoms with E-state index in [0.717, 1.165) is 31.6 Å². The molecule has 1 heterocycles. The number of amides is 2. The van der Waals surface area contributed by atoms with Crippen molar-refractivity contribution in [1.29, 1.82) is 0 Å². The van der Waals surface area contributed by atoms with Gasteiger partial charge in [-0.05, 0) is 44.4 Å². The Balaban J connectivity index is 1.72. The standard InChI is InChI=1S/C16H24FN3O2/c1-12(21)5-8-18-16(22)19-14-6-9-20(10-7-14)15-4-2-3-13(17)11-15/h2-4,11-12,14,21H,5-10H2,1H3,(H2,18,19,22). The van der Waals surface area contributed by atoms with Gasteiger partial charge >= 0.3 is 6.03 Å². The topological polar surface area (TPSA) is 64.6 Å². The van der Waals surface area contributed by atoms with Crippen LogP contribution in [0.15, 0.2) is 24.3 Å². The van der Waals surface area contributed by atoms with Gasteiger partial charge in [-0.3, -0.25) is 0 Å². The lowest BCUT2D eigenvalue weighted by Crippen LogP contribution is -2.48. The van der Waals surface area contributed by atoms with Gasteiger partial charge in [-0.1, -0.05) is 6.07 Å². The first-order chi connectivity index (χ1) is 10.5. The molecule has 1 aliphatic heterocycles. The lowest BCUT2D eigenvalue weighted by atomic mass is 10.0. The number of hydrogen-bond donors (Lipinski definition) is 3. The van der Waals surface area contributed by atoms with Gasteiger partial charge in [0.1, 0.15) is 5.82 Å². The summed E-state index contributed by atoms with van der Waals surface area (Å²) in [7, 11) is 0. The van der Waals surface area contributed by atoms with Gasteiger partial charge in [0.15, 0.2) is 0 Å². The summed E-state index contributed by atoms with van der Waals surface area (Å²) < 4.78 is 13.2. The third kappa shape index (κ3) is 5.18. The molecule has 22 heavy (non-hydrogen) atoms. The second-order valence-corrected chi connectivity index (χ2v) is 5.78. The van der Waals surface area contributed by atoms with Gasteiger partial charge in [0.05, 0.1) is 6.10 Å². The first-order valence-electron chi connectivity index (χ1n) is 7.77. The number of carbonyl (C=O) groups is 1. The molecular formula is C16H24FN3O2. The zero-order valence-corrected chi connectivity index (χ0v) is 12.9. The summed E-state index contributed by atoms with van der Waals surface area (Å²) in [4.78, 5) is 13.9. The number of aliphatic hydroxyl groups excluding tert-OH is 1. The van der Waals surface area contributed by atoms with Crippen molar-refractivity contribution in [3.8, 4) is 0 Å². The molecule has 1 saturated heterocycles. The maximum absolute atomic E-state index is 13.2. The highest BCUT2D eigenvalue weighted by Gasteiger charge is 2.21. The Morgan fingerprint density at radius 3 is 2.82 bits per heavy atom. The van der Waals surface area contributed by atoms with Crippen molar-refractivity contribution in [1.82, 2.24) is 10.6 Å². The van der Waals surface area contributed by atoms with Gasteiger partial charge in [0, 0.05) is 31.4 Å². The molecule has 1 aliphatic rings. The lowest BCUT2D eigenvalue weighted by molar-refractivity contribution is 0.183. The Kier molecular flexibility index (Phi) is 6.00. The number of urea groups is 1. The Bertz CT molecular complexity index is 488. The van der Waals surface area contributed by atoms with E-state index >= 15 is 0 Å². The number of anilines is 1. The molecule has 0 spiro atoms. The molecule has 1 aromatic carbocycles. The normalized spacial score (nSPS) is 17.1. The minimum absolute atomic E-state index is 0.136. The molecule has 0 aliphatic carbocycles. The van der Waals surface area contributed by atoms with E-state index in [9.17, 15) is 9.18 Å². The van der Waals surface area contributed by atoms with E-state index in [1.54, 1.807) is 13.0 Å². The number of nitrogens with zero attached hydrogens (tertiary/aromatic N) is 1. The maximum Gasteiger partial charge on any atom is 0.315 e. The van der Waals surface area contributed by atoms with Crippen LogP contribution in [-0.4, -0.2) is 42.9 Å². The molecule has 2 rings (SSSR count). The summed E-state index contributed by atoms with van der Waals surface area (Å²) in [6.45, 7) is 3.75. The second-order valence-electron chi connectivity index (χ2n) is 5.78. The SMILES string of the molecule is CC(O)CCNC(=O)NC1CCN(c2cccc(F)c2)CC1. The smallest absolute Gasteiger partial charge is 0.315 e. The number of carbonyl (C=O) groups excluding carboxylic acids is 1. The molecule has 1 unspecified atom stereocenters. The number of benzene rings is 1. The molecule has 5 nitrogen and oxygen atoms in total. The molecule has 1 atom stereocenters. The monoisotopic (exact) mass is 309 g/mol. The van der Waals surface area contributed by atoms with E-state index in [0.29, 0.717) is 13.0 Å². The summed E-state index contributed by atoms with van der Waals surface area (Å²) >= 11 is 0. The van der Waals surface area contributed by atoms with Crippen LogP contribution in [0.2, 0.25) is 0 Å². The third-order valence-corrected chi connectivity index (χ3v) is 3.85. The first kappa shape index (κ1) is 16.5. The van der Waals surface area contributed by atoms with Crippen LogP contribution in [0.4, 0.5) is 14.9 Å². The van der Waals surface area contributed by atoms with Gasteiger partial charge in [0.2, 0.25) is 0 Å². The van der Waals surface area contributed by atoms with Crippen LogP contribution in [-0.2, 0) is 0 Å². The fourth-order valence-electron chi connectivity index (χ4n) is 2.59. The molecule has 6 heteroatoms. The minimum atomic E-state index is -0.408. The van der Waals surface area contributed by atoms with Crippen LogP contribution in [0.3, 0.4) is 0 Å². The van der Waals surface area contributed by atoms with Crippen molar-refractivity contribution in [3.05, 3.63) is 30.1 Å². The number of nitrogens with one attached hydrogen (secondary N) is 2. The van der Waals surface area contributed by atoms with Gasteiger partial charge in [0.25, 0.3) is 0 Å². The molecule has 1 fully saturated rings. The van der Waals surface area contributed by atoms with Crippen molar-refractivity contribution in [2.45, 2.75) is 38.3 Å². The van der Waals surface area contributed by atoms with Crippen LogP contribution in [0.5, 0.6) is 0 Å². The summed E-state index contributed by atoms with van der Waals surface area (Å²) in [6.07, 6.45) is 1.81. The fourth-order valence-corrected chi connectivity index (χ4v) is 2.59. The van der Waals surface area contributed by atoms with E-state index in [1.165, 1.54) is 12.1 Å². The molecule has 122 valence electrons. The highest BCUT2D eigenvalue weighted by Crippen LogP contribution is 2.20. The number of rotatable bonds is 5. The summed E-state index contributed by atoms with van der Waals surface area (Å²) in [5.41, 5.74) is 0.889. The Labute approximate surface area is 130 Å². The van der Waals surface area contributed by atoms with E-state index in [1.807, 2.05) is 6.07 Å². The quantitative estimate of drug-likeness (QED) is 0.778. The predicted molar refractivity (Wildman–Crippen MR) is 84.5 cm³/mol. The predicted octanol–water partition coefficient (Wildman–Crippen LogP) is 1.86. The van der Waals surface area contributed by atoms with Crippen molar-refractivity contribution in [2.75, 3.05) is 24.5 Å². The van der Waals surface area contributed by atoms with Crippen molar-refractivity contribution in [3.63, 3.8) is 0 Å². The summed E-state index contributed by atoms with van der Waals surface area (Å²) in [5.74, 6) is -0.227. The molecule has 0 radical (unpaired) electrons.